The first-order chi connectivity index (χ1) is 8.97. The predicted octanol–water partition coefficient (Wildman–Crippen LogP) is 0.778. The maximum absolute atomic E-state index is 12.8. The maximum Gasteiger partial charge on any atom is 0.224 e. The molecule has 1 saturated heterocycles. The number of aromatic nitrogens is 1. The average molecular weight is 281 g/mol. The van der Waals surface area contributed by atoms with Crippen LogP contribution >= 0.6 is 0 Å². The lowest BCUT2D eigenvalue weighted by Gasteiger charge is -2.46. The Morgan fingerprint density at radius 2 is 1.95 bits per heavy atom. The van der Waals surface area contributed by atoms with Crippen molar-refractivity contribution in [3.63, 3.8) is 0 Å². The van der Waals surface area contributed by atoms with Gasteiger partial charge in [0.15, 0.2) is 0 Å². The minimum absolute atomic E-state index is 0.434. The van der Waals surface area contributed by atoms with E-state index in [0.717, 1.165) is 24.2 Å². The van der Waals surface area contributed by atoms with Crippen molar-refractivity contribution in [2.45, 2.75) is 24.1 Å². The van der Waals surface area contributed by atoms with Crippen molar-refractivity contribution in [3.05, 3.63) is 29.6 Å². The summed E-state index contributed by atoms with van der Waals surface area (Å²) in [6, 6.07) is 1.89. The number of hydrogen-bond donors (Lipinski definition) is 0. The molecule has 1 fully saturated rings. The van der Waals surface area contributed by atoms with Gasteiger partial charge in [-0.3, -0.25) is 4.98 Å². The fourth-order valence-corrected chi connectivity index (χ4v) is 5.35. The maximum atomic E-state index is 12.8. The normalized spacial score (nSPS) is 26.2. The van der Waals surface area contributed by atoms with Crippen LogP contribution in [0.5, 0.6) is 0 Å². The molecule has 0 aliphatic carbocycles. The van der Waals surface area contributed by atoms with E-state index in [1.165, 1.54) is 4.31 Å². The number of sulfonamides is 1. The molecule has 3 heterocycles. The molecule has 0 amide bonds. The molecule has 0 radical (unpaired) electrons. The third-order valence-electron chi connectivity index (χ3n) is 4.49. The molecule has 0 N–H and O–H groups in total. The van der Waals surface area contributed by atoms with E-state index in [0.29, 0.717) is 19.4 Å². The molecule has 0 atom stereocenters. The molecule has 1 aromatic rings. The molecule has 2 aliphatic rings. The fraction of sp³-hybridized carbons (Fsp3) is 0.615. The van der Waals surface area contributed by atoms with Gasteiger partial charge in [-0.05, 0) is 50.2 Å². The second-order valence-corrected chi connectivity index (χ2v) is 7.95. The molecule has 3 rings (SSSR count). The van der Waals surface area contributed by atoms with E-state index in [1.54, 1.807) is 19.4 Å². The number of nitrogens with zero attached hydrogens (tertiary/aromatic N) is 3. The SMILES string of the molecule is CN1CCC2(CC1)c1ccncc1CN(C)S2(=O)=O. The van der Waals surface area contributed by atoms with E-state index in [-0.39, 0.29) is 0 Å². The minimum atomic E-state index is -3.28. The van der Waals surface area contributed by atoms with Crippen LogP contribution in [-0.2, 0) is 21.3 Å². The van der Waals surface area contributed by atoms with E-state index >= 15 is 0 Å². The first-order valence-electron chi connectivity index (χ1n) is 6.55. The monoisotopic (exact) mass is 281 g/mol. The van der Waals surface area contributed by atoms with Crippen LogP contribution in [0.4, 0.5) is 0 Å². The molecule has 0 saturated carbocycles. The molecule has 104 valence electrons. The molecule has 19 heavy (non-hydrogen) atoms. The third kappa shape index (κ3) is 1.74. The van der Waals surface area contributed by atoms with Crippen LogP contribution in [0.25, 0.3) is 0 Å². The van der Waals surface area contributed by atoms with Crippen molar-refractivity contribution in [3.8, 4) is 0 Å². The van der Waals surface area contributed by atoms with E-state index in [1.807, 2.05) is 13.1 Å². The van der Waals surface area contributed by atoms with Gasteiger partial charge >= 0.3 is 0 Å². The summed E-state index contributed by atoms with van der Waals surface area (Å²) in [4.78, 5) is 6.33. The highest BCUT2D eigenvalue weighted by atomic mass is 32.2. The van der Waals surface area contributed by atoms with Gasteiger partial charge in [-0.2, -0.15) is 4.31 Å². The van der Waals surface area contributed by atoms with Gasteiger partial charge in [0.1, 0.15) is 4.75 Å². The summed E-state index contributed by atoms with van der Waals surface area (Å²) in [5.74, 6) is 0. The number of rotatable bonds is 0. The van der Waals surface area contributed by atoms with Crippen molar-refractivity contribution < 1.29 is 8.42 Å². The Kier molecular flexibility index (Phi) is 2.92. The summed E-state index contributed by atoms with van der Waals surface area (Å²) in [5.41, 5.74) is 2.01. The first kappa shape index (κ1) is 13.0. The molecular weight excluding hydrogens is 262 g/mol. The zero-order chi connectivity index (χ0) is 13.7. The van der Waals surface area contributed by atoms with Gasteiger partial charge in [0.25, 0.3) is 0 Å². The van der Waals surface area contributed by atoms with E-state index < -0.39 is 14.8 Å². The molecule has 1 spiro atoms. The summed E-state index contributed by atoms with van der Waals surface area (Å²) in [7, 11) is 0.430. The van der Waals surface area contributed by atoms with Crippen molar-refractivity contribution in [1.29, 1.82) is 0 Å². The Hall–Kier alpha value is -0.980. The van der Waals surface area contributed by atoms with Crippen LogP contribution in [0.15, 0.2) is 18.5 Å². The number of likely N-dealkylation sites (tertiary alicyclic amines) is 1. The number of piperidine rings is 1. The third-order valence-corrected chi connectivity index (χ3v) is 7.05. The Morgan fingerprint density at radius 3 is 2.63 bits per heavy atom. The lowest BCUT2D eigenvalue weighted by molar-refractivity contribution is 0.221. The van der Waals surface area contributed by atoms with Crippen LogP contribution in [0.2, 0.25) is 0 Å². The predicted molar refractivity (Wildman–Crippen MR) is 73.0 cm³/mol. The summed E-state index contributed by atoms with van der Waals surface area (Å²) in [5, 5.41) is 0. The molecular formula is C13H19N3O2S. The number of pyridine rings is 1. The standard InChI is InChI=1S/C13H19N3O2S/c1-15-7-4-13(5-8-15)12-3-6-14-9-11(12)10-16(2)19(13,17)18/h3,6,9H,4-5,7-8,10H2,1-2H3. The van der Waals surface area contributed by atoms with E-state index in [2.05, 4.69) is 9.88 Å². The highest BCUT2D eigenvalue weighted by Gasteiger charge is 2.52. The summed E-state index contributed by atoms with van der Waals surface area (Å²) in [6.07, 6.45) is 4.83. The van der Waals surface area contributed by atoms with Gasteiger partial charge in [0, 0.05) is 26.0 Å². The van der Waals surface area contributed by atoms with Crippen molar-refractivity contribution in [1.82, 2.24) is 14.2 Å². The summed E-state index contributed by atoms with van der Waals surface area (Å²) in [6.45, 7) is 2.06. The zero-order valence-corrected chi connectivity index (χ0v) is 12.2. The van der Waals surface area contributed by atoms with Gasteiger partial charge in [-0.1, -0.05) is 0 Å². The molecule has 0 bridgehead atoms. The first-order valence-corrected chi connectivity index (χ1v) is 7.99. The van der Waals surface area contributed by atoms with Gasteiger partial charge < -0.3 is 4.90 Å². The van der Waals surface area contributed by atoms with Crippen LogP contribution in [0.3, 0.4) is 0 Å². The summed E-state index contributed by atoms with van der Waals surface area (Å²) >= 11 is 0. The number of fused-ring (bicyclic) bond motifs is 2. The van der Waals surface area contributed by atoms with Crippen LogP contribution in [-0.4, -0.2) is 49.8 Å². The topological polar surface area (TPSA) is 53.5 Å². The van der Waals surface area contributed by atoms with Gasteiger partial charge in [0.05, 0.1) is 0 Å². The second kappa shape index (κ2) is 4.26. The van der Waals surface area contributed by atoms with Crippen LogP contribution in [0.1, 0.15) is 24.0 Å². The van der Waals surface area contributed by atoms with Crippen LogP contribution < -0.4 is 0 Å². The lowest BCUT2D eigenvalue weighted by Crippen LogP contribution is -2.53. The van der Waals surface area contributed by atoms with Gasteiger partial charge in [-0.15, -0.1) is 0 Å². The molecule has 1 aromatic heterocycles. The molecule has 5 nitrogen and oxygen atoms in total. The Bertz CT molecular complexity index is 592. The highest BCUT2D eigenvalue weighted by Crippen LogP contribution is 2.46. The molecule has 0 unspecified atom stereocenters. The van der Waals surface area contributed by atoms with Crippen molar-refractivity contribution >= 4 is 10.0 Å². The van der Waals surface area contributed by atoms with Crippen molar-refractivity contribution in [2.75, 3.05) is 27.2 Å². The zero-order valence-electron chi connectivity index (χ0n) is 11.3. The Balaban J connectivity index is 2.19. The second-order valence-electron chi connectivity index (χ2n) is 5.59. The van der Waals surface area contributed by atoms with Gasteiger partial charge in [-0.25, -0.2) is 8.42 Å². The van der Waals surface area contributed by atoms with Gasteiger partial charge in [0.2, 0.25) is 10.0 Å². The van der Waals surface area contributed by atoms with Crippen LogP contribution in [0, 0.1) is 0 Å². The lowest BCUT2D eigenvalue weighted by atomic mass is 9.86. The average Bonchev–Trinajstić information content (AvgIpc) is 2.39. The quantitative estimate of drug-likeness (QED) is 0.705. The van der Waals surface area contributed by atoms with Crippen molar-refractivity contribution in [2.24, 2.45) is 0 Å². The Labute approximate surface area is 114 Å². The molecule has 2 aliphatic heterocycles. The van der Waals surface area contributed by atoms with E-state index in [9.17, 15) is 8.42 Å². The Morgan fingerprint density at radius 1 is 1.26 bits per heavy atom. The molecule has 6 heteroatoms. The molecule has 0 aromatic carbocycles. The minimum Gasteiger partial charge on any atom is -0.306 e. The number of hydrogen-bond acceptors (Lipinski definition) is 4. The highest BCUT2D eigenvalue weighted by molar-refractivity contribution is 7.90. The summed E-state index contributed by atoms with van der Waals surface area (Å²) < 4.78 is 26.4. The largest absolute Gasteiger partial charge is 0.306 e. The van der Waals surface area contributed by atoms with E-state index in [4.69, 9.17) is 0 Å². The fourth-order valence-electron chi connectivity index (χ4n) is 3.27. The smallest absolute Gasteiger partial charge is 0.224 e.